The summed E-state index contributed by atoms with van der Waals surface area (Å²) >= 11 is 2.97. The van der Waals surface area contributed by atoms with Gasteiger partial charge in [-0.15, -0.1) is 0 Å². The maximum atomic E-state index is 10.4. The lowest BCUT2D eigenvalue weighted by Gasteiger charge is -2.05. The topological polar surface area (TPSA) is 57.2 Å². The largest absolute Gasteiger partial charge is 0.744 e. The minimum absolute atomic E-state index is 0.178. The average molecular weight is 220 g/mol. The van der Waals surface area contributed by atoms with E-state index in [1.807, 2.05) is 6.92 Å². The summed E-state index contributed by atoms with van der Waals surface area (Å²) in [6.07, 6.45) is 1.81. The van der Waals surface area contributed by atoms with Crippen LogP contribution in [-0.4, -0.2) is 19.2 Å². The molecule has 0 aliphatic rings. The van der Waals surface area contributed by atoms with Crippen LogP contribution in [0.2, 0.25) is 0 Å². The van der Waals surface area contributed by atoms with Gasteiger partial charge in [-0.25, -0.2) is 8.42 Å². The molecule has 0 unspecified atom stereocenters. The van der Waals surface area contributed by atoms with E-state index in [-0.39, 0.29) is 4.90 Å². The number of aryl methyl sites for hydroxylation is 1. The number of rotatable bonds is 1. The molecule has 0 fully saturated rings. The summed E-state index contributed by atoms with van der Waals surface area (Å²) in [4.78, 5) is -0.178. The van der Waals surface area contributed by atoms with Gasteiger partial charge in [0.2, 0.25) is 0 Å². The van der Waals surface area contributed by atoms with Crippen molar-refractivity contribution in [1.82, 2.24) is 0 Å². The lowest BCUT2D eigenvalue weighted by Crippen LogP contribution is -1.97. The molecule has 0 atom stereocenters. The molecule has 0 aliphatic heterocycles. The maximum absolute atomic E-state index is 10.4. The van der Waals surface area contributed by atoms with Crippen LogP contribution in [0.25, 0.3) is 0 Å². The molecular formula is C8H12O3S2. The average Bonchev–Trinajstić information content (AvgIpc) is 2.07. The predicted molar refractivity (Wildman–Crippen MR) is 55.2 cm³/mol. The fourth-order valence-electron chi connectivity index (χ4n) is 0.705. The van der Waals surface area contributed by atoms with Gasteiger partial charge in [0, 0.05) is 0 Å². The highest BCUT2D eigenvalue weighted by Gasteiger charge is 1.97. The molecule has 0 radical (unpaired) electrons. The highest BCUT2D eigenvalue weighted by atomic mass is 32.2. The SMILES string of the molecule is C[SH2+].Cc1ccc(S(=O)(=O)[O-])cc1. The van der Waals surface area contributed by atoms with Gasteiger partial charge in [0.15, 0.2) is 0 Å². The number of benzene rings is 1. The van der Waals surface area contributed by atoms with Crippen molar-refractivity contribution in [1.29, 1.82) is 0 Å². The molecule has 5 heteroatoms. The van der Waals surface area contributed by atoms with Gasteiger partial charge in [-0.05, 0) is 31.7 Å². The zero-order valence-electron chi connectivity index (χ0n) is 7.44. The van der Waals surface area contributed by atoms with E-state index in [1.165, 1.54) is 12.1 Å². The van der Waals surface area contributed by atoms with Gasteiger partial charge in [0.25, 0.3) is 0 Å². The van der Waals surface area contributed by atoms with Gasteiger partial charge in [-0.2, -0.15) is 0 Å². The van der Waals surface area contributed by atoms with Crippen molar-refractivity contribution in [3.8, 4) is 0 Å². The Morgan fingerprint density at radius 3 is 1.85 bits per heavy atom. The van der Waals surface area contributed by atoms with Crippen molar-refractivity contribution in [3.63, 3.8) is 0 Å². The number of hydrogen-bond donors (Lipinski definition) is 0. The summed E-state index contributed by atoms with van der Waals surface area (Å²) in [6.45, 7) is 1.82. The van der Waals surface area contributed by atoms with E-state index in [1.54, 1.807) is 18.4 Å². The molecule has 0 aliphatic carbocycles. The molecule has 1 aromatic rings. The van der Waals surface area contributed by atoms with E-state index in [9.17, 15) is 13.0 Å². The molecule has 1 aromatic carbocycles. The molecule has 0 N–H and O–H groups in total. The van der Waals surface area contributed by atoms with Crippen LogP contribution in [0.1, 0.15) is 5.56 Å². The fourth-order valence-corrected chi connectivity index (χ4v) is 1.17. The molecule has 13 heavy (non-hydrogen) atoms. The second-order valence-corrected chi connectivity index (χ2v) is 3.65. The molecule has 74 valence electrons. The summed E-state index contributed by atoms with van der Waals surface area (Å²) in [7, 11) is -4.27. The van der Waals surface area contributed by atoms with Crippen LogP contribution in [0.15, 0.2) is 29.2 Å². The van der Waals surface area contributed by atoms with Crippen LogP contribution in [0.5, 0.6) is 0 Å². The first-order chi connectivity index (χ1) is 6.00. The first-order valence-electron chi connectivity index (χ1n) is 3.53. The third-order valence-corrected chi connectivity index (χ3v) is 2.16. The van der Waals surface area contributed by atoms with Crippen LogP contribution in [0, 0.1) is 6.92 Å². The molecule has 0 heterocycles. The van der Waals surface area contributed by atoms with Crippen LogP contribution in [-0.2, 0) is 22.7 Å². The monoisotopic (exact) mass is 220 g/mol. The molecule has 3 nitrogen and oxygen atoms in total. The second-order valence-electron chi connectivity index (χ2n) is 2.27. The second kappa shape index (κ2) is 5.26. The van der Waals surface area contributed by atoms with Crippen LogP contribution in [0.4, 0.5) is 0 Å². The van der Waals surface area contributed by atoms with Crippen LogP contribution < -0.4 is 0 Å². The minimum Gasteiger partial charge on any atom is -0.744 e. The Labute approximate surface area is 84.0 Å². The van der Waals surface area contributed by atoms with E-state index in [0.717, 1.165) is 5.56 Å². The highest BCUT2D eigenvalue weighted by molar-refractivity contribution is 7.85. The van der Waals surface area contributed by atoms with Gasteiger partial charge < -0.3 is 4.55 Å². The lowest BCUT2D eigenvalue weighted by atomic mass is 10.2. The van der Waals surface area contributed by atoms with Gasteiger partial charge in [0.05, 0.1) is 11.2 Å². The first kappa shape index (κ1) is 12.5. The van der Waals surface area contributed by atoms with Gasteiger partial charge in [-0.3, -0.25) is 0 Å². The standard InChI is InChI=1S/C7H8O3S.CH4S/c1-6-2-4-7(5-3-6)11(8,9)10;1-2/h2-5H,1H3,(H,8,9,10);2H,1H3. The lowest BCUT2D eigenvalue weighted by molar-refractivity contribution is 0.463. The van der Waals surface area contributed by atoms with Gasteiger partial charge >= 0.3 is 0 Å². The summed E-state index contributed by atoms with van der Waals surface area (Å²) in [5, 5.41) is 0. The van der Waals surface area contributed by atoms with Crippen molar-refractivity contribution in [2.45, 2.75) is 11.8 Å². The predicted octanol–water partition coefficient (Wildman–Crippen LogP) is 0.527. The van der Waals surface area contributed by atoms with Crippen molar-refractivity contribution < 1.29 is 13.0 Å². The molecule has 0 saturated carbocycles. The van der Waals surface area contributed by atoms with E-state index < -0.39 is 10.1 Å². The molecule has 0 aromatic heterocycles. The Morgan fingerprint density at radius 1 is 1.15 bits per heavy atom. The molecule has 0 bridgehead atoms. The van der Waals surface area contributed by atoms with E-state index in [4.69, 9.17) is 0 Å². The Balaban J connectivity index is 0.000000671. The summed E-state index contributed by atoms with van der Waals surface area (Å²) < 4.78 is 31.2. The van der Waals surface area contributed by atoms with Gasteiger partial charge in [0.1, 0.15) is 10.1 Å². The third kappa shape index (κ3) is 4.31. The molecule has 0 amide bonds. The Bertz CT molecular complexity index is 340. The quantitative estimate of drug-likeness (QED) is 0.512. The first-order valence-corrected chi connectivity index (χ1v) is 5.93. The van der Waals surface area contributed by atoms with Crippen molar-refractivity contribution >= 4 is 22.7 Å². The van der Waals surface area contributed by atoms with Crippen molar-refractivity contribution in [3.05, 3.63) is 29.8 Å². The smallest absolute Gasteiger partial charge is 0.124 e. The molecular weight excluding hydrogens is 208 g/mol. The van der Waals surface area contributed by atoms with E-state index in [0.29, 0.717) is 0 Å². The molecule has 0 saturated heterocycles. The Kier molecular flexibility index (Phi) is 5.05. The fraction of sp³-hybridized carbons (Fsp3) is 0.250. The normalized spacial score (nSPS) is 10.2. The van der Waals surface area contributed by atoms with E-state index >= 15 is 0 Å². The van der Waals surface area contributed by atoms with Gasteiger partial charge in [-0.1, -0.05) is 17.7 Å². The highest BCUT2D eigenvalue weighted by Crippen LogP contribution is 2.08. The minimum atomic E-state index is -4.27. The van der Waals surface area contributed by atoms with Crippen molar-refractivity contribution in [2.75, 3.05) is 6.26 Å². The summed E-state index contributed by atoms with van der Waals surface area (Å²) in [5.41, 5.74) is 0.928. The number of hydrogen-bond acceptors (Lipinski definition) is 3. The molecule has 1 rings (SSSR count). The summed E-state index contributed by atoms with van der Waals surface area (Å²) in [5.74, 6) is 0. The Morgan fingerprint density at radius 2 is 1.54 bits per heavy atom. The zero-order valence-corrected chi connectivity index (χ0v) is 9.26. The van der Waals surface area contributed by atoms with Crippen molar-refractivity contribution in [2.24, 2.45) is 0 Å². The molecule has 0 spiro atoms. The van der Waals surface area contributed by atoms with Crippen LogP contribution >= 0.6 is 0 Å². The van der Waals surface area contributed by atoms with E-state index in [2.05, 4.69) is 12.6 Å². The third-order valence-electron chi connectivity index (χ3n) is 1.31. The van der Waals surface area contributed by atoms with Crippen LogP contribution in [0.3, 0.4) is 0 Å². The maximum Gasteiger partial charge on any atom is 0.124 e. The zero-order chi connectivity index (χ0) is 10.5. The Hall–Kier alpha value is -0.520. The summed E-state index contributed by atoms with van der Waals surface area (Å²) in [6, 6.07) is 5.78.